The first kappa shape index (κ1) is 76.0. The third kappa shape index (κ3) is 30.3. The monoisotopic (exact) mass is 1200 g/mol. The Hall–Kier alpha value is -2.25. The molecule has 3 heterocycles. The molecular formula is C65H117NO18. The van der Waals surface area contributed by atoms with Gasteiger partial charge in [-0.1, -0.05) is 197 Å². The molecule has 0 aliphatic carbocycles. The van der Waals surface area contributed by atoms with Gasteiger partial charge in [-0.05, 0) is 70.6 Å². The van der Waals surface area contributed by atoms with E-state index < -0.39 is 124 Å². The van der Waals surface area contributed by atoms with Crippen LogP contribution in [0.15, 0.2) is 48.6 Å². The van der Waals surface area contributed by atoms with Gasteiger partial charge in [-0.15, -0.1) is 0 Å². The fraction of sp³-hybridized carbons (Fsp3) is 0.862. The van der Waals surface area contributed by atoms with Crippen molar-refractivity contribution >= 4 is 5.91 Å². The van der Waals surface area contributed by atoms with Crippen LogP contribution in [0.1, 0.15) is 226 Å². The van der Waals surface area contributed by atoms with Gasteiger partial charge in [0.2, 0.25) is 5.91 Å². The molecule has 0 spiro atoms. The number of hydrogen-bond donors (Lipinski definition) is 12. The number of carbonyl (C=O) groups is 1. The molecule has 0 saturated carbocycles. The van der Waals surface area contributed by atoms with Crippen molar-refractivity contribution in [3.63, 3.8) is 0 Å². The summed E-state index contributed by atoms with van der Waals surface area (Å²) in [6.45, 7) is 1.68. The summed E-state index contributed by atoms with van der Waals surface area (Å²) in [5, 5.41) is 120. The second-order valence-electron chi connectivity index (χ2n) is 23.6. The summed E-state index contributed by atoms with van der Waals surface area (Å²) in [6.07, 6.45) is 28.2. The van der Waals surface area contributed by atoms with E-state index in [1.165, 1.54) is 128 Å². The minimum absolute atomic E-state index is 0.221. The Bertz CT molecular complexity index is 1720. The SMILES string of the molecule is CCCCCC/C=C\CCCCCCCC(=O)NC(COC1OC(CO)C(OC2OC(CO)C(OC3OC(CO)C(O)C(O)C3O)C(O)C2O)C(O)C1O)C(O)/C=C/CC/C=C/CC/C=C/CCCCCCCCCCCCCCCCCC. The minimum atomic E-state index is -1.98. The van der Waals surface area contributed by atoms with Gasteiger partial charge in [0, 0.05) is 6.42 Å². The van der Waals surface area contributed by atoms with Crippen LogP contribution in [0.25, 0.3) is 0 Å². The van der Waals surface area contributed by atoms with Crippen molar-refractivity contribution in [1.82, 2.24) is 5.32 Å². The number of unbranched alkanes of at least 4 members (excludes halogenated alkanes) is 27. The Balaban J connectivity index is 1.46. The molecule has 0 radical (unpaired) electrons. The Morgan fingerprint density at radius 3 is 1.20 bits per heavy atom. The minimum Gasteiger partial charge on any atom is -0.394 e. The van der Waals surface area contributed by atoms with Gasteiger partial charge in [-0.3, -0.25) is 4.79 Å². The van der Waals surface area contributed by atoms with E-state index >= 15 is 0 Å². The van der Waals surface area contributed by atoms with Crippen LogP contribution in [0.3, 0.4) is 0 Å². The standard InChI is InChI=1S/C65H117NO18/c1-3-5-7-9-11-13-15-17-18-19-20-21-22-23-24-25-26-27-28-29-31-32-34-36-38-40-42-49(70)48(66-53(71)43-41-39-37-35-33-30-16-14-12-10-8-6-4-2)47-79-63-59(77)56(74)61(51(45-68)81-63)84-65-60(78)57(75)62(52(46-69)82-65)83-64-58(76)55(73)54(72)50(44-67)80-64/h14,16,27-28,32,34,40,42,48-52,54-65,67-70,72-78H,3-13,15,17-26,29-31,33,35-39,41,43-47H2,1-2H3,(H,66,71)/b16-14-,28-27+,34-32+,42-40+. The lowest BCUT2D eigenvalue weighted by molar-refractivity contribution is -0.379. The van der Waals surface area contributed by atoms with Crippen molar-refractivity contribution in [3.8, 4) is 0 Å². The van der Waals surface area contributed by atoms with E-state index in [9.17, 15) is 61.0 Å². The van der Waals surface area contributed by atoms with E-state index in [-0.39, 0.29) is 18.9 Å². The lowest BCUT2D eigenvalue weighted by Gasteiger charge is -2.48. The number of allylic oxidation sites excluding steroid dienone is 7. The molecule has 0 aromatic heterocycles. The Morgan fingerprint density at radius 1 is 0.417 bits per heavy atom. The highest BCUT2D eigenvalue weighted by Crippen LogP contribution is 2.33. The Kier molecular flexibility index (Phi) is 43.2. The number of aliphatic hydroxyl groups is 11. The topological polar surface area (TPSA) is 307 Å². The smallest absolute Gasteiger partial charge is 0.220 e. The normalized spacial score (nSPS) is 29.5. The summed E-state index contributed by atoms with van der Waals surface area (Å²) >= 11 is 0. The van der Waals surface area contributed by atoms with Crippen LogP contribution >= 0.6 is 0 Å². The molecule has 17 atom stereocenters. The summed E-state index contributed by atoms with van der Waals surface area (Å²) < 4.78 is 34.2. The molecule has 84 heavy (non-hydrogen) atoms. The number of carbonyl (C=O) groups excluding carboxylic acids is 1. The average Bonchev–Trinajstić information content (AvgIpc) is 2.92. The maximum atomic E-state index is 13.3. The zero-order chi connectivity index (χ0) is 61.2. The summed E-state index contributed by atoms with van der Waals surface area (Å²) in [5.41, 5.74) is 0. The second kappa shape index (κ2) is 47.7. The van der Waals surface area contributed by atoms with Gasteiger partial charge in [0.25, 0.3) is 0 Å². The van der Waals surface area contributed by atoms with Gasteiger partial charge in [0.15, 0.2) is 18.9 Å². The Morgan fingerprint density at radius 2 is 0.762 bits per heavy atom. The molecular weight excluding hydrogens is 1080 g/mol. The molecule has 0 bridgehead atoms. The maximum absolute atomic E-state index is 13.3. The first-order valence-electron chi connectivity index (χ1n) is 32.9. The quantitative estimate of drug-likeness (QED) is 0.0208. The van der Waals surface area contributed by atoms with Crippen LogP contribution in [0.4, 0.5) is 0 Å². The van der Waals surface area contributed by atoms with Gasteiger partial charge >= 0.3 is 0 Å². The molecule has 12 N–H and O–H groups in total. The molecule has 17 unspecified atom stereocenters. The maximum Gasteiger partial charge on any atom is 0.220 e. The fourth-order valence-corrected chi connectivity index (χ4v) is 10.9. The molecule has 0 aromatic carbocycles. The molecule has 19 heteroatoms. The largest absolute Gasteiger partial charge is 0.394 e. The lowest BCUT2D eigenvalue weighted by atomic mass is 9.96. The van der Waals surface area contributed by atoms with Gasteiger partial charge in [0.05, 0.1) is 38.6 Å². The summed E-state index contributed by atoms with van der Waals surface area (Å²) in [5.74, 6) is -0.300. The van der Waals surface area contributed by atoms with E-state index in [4.69, 9.17) is 28.4 Å². The number of amides is 1. The average molecular weight is 1200 g/mol. The van der Waals surface area contributed by atoms with Crippen LogP contribution in [0, 0.1) is 0 Å². The van der Waals surface area contributed by atoms with Crippen molar-refractivity contribution in [3.05, 3.63) is 48.6 Å². The van der Waals surface area contributed by atoms with Gasteiger partial charge in [0.1, 0.15) is 73.2 Å². The van der Waals surface area contributed by atoms with Crippen LogP contribution in [-0.4, -0.2) is 193 Å². The van der Waals surface area contributed by atoms with Crippen molar-refractivity contribution < 1.29 is 89.4 Å². The summed E-state index contributed by atoms with van der Waals surface area (Å²) in [4.78, 5) is 13.3. The van der Waals surface area contributed by atoms with E-state index in [0.717, 1.165) is 64.2 Å². The molecule has 3 fully saturated rings. The number of hydrogen-bond acceptors (Lipinski definition) is 18. The van der Waals surface area contributed by atoms with Crippen LogP contribution < -0.4 is 5.32 Å². The van der Waals surface area contributed by atoms with E-state index in [2.05, 4.69) is 55.6 Å². The number of aliphatic hydroxyl groups excluding tert-OH is 11. The van der Waals surface area contributed by atoms with E-state index in [1.807, 2.05) is 6.08 Å². The molecule has 3 rings (SSSR count). The molecule has 1 amide bonds. The first-order chi connectivity index (χ1) is 40.8. The zero-order valence-electron chi connectivity index (χ0n) is 51.4. The molecule has 0 aromatic rings. The van der Waals surface area contributed by atoms with Crippen LogP contribution in [-0.2, 0) is 33.2 Å². The van der Waals surface area contributed by atoms with Crippen molar-refractivity contribution in [2.45, 2.75) is 330 Å². The predicted octanol–water partition coefficient (Wildman–Crippen LogP) is 7.43. The van der Waals surface area contributed by atoms with Gasteiger partial charge < -0.3 is 89.9 Å². The molecule has 3 aliphatic rings. The Labute approximate surface area is 503 Å². The molecule has 3 saturated heterocycles. The third-order valence-corrected chi connectivity index (χ3v) is 16.3. The summed E-state index contributed by atoms with van der Waals surface area (Å²) in [6, 6.07) is -1.00. The molecule has 490 valence electrons. The predicted molar refractivity (Wildman–Crippen MR) is 323 cm³/mol. The summed E-state index contributed by atoms with van der Waals surface area (Å²) in [7, 11) is 0. The highest BCUT2D eigenvalue weighted by Gasteiger charge is 2.53. The van der Waals surface area contributed by atoms with Crippen molar-refractivity contribution in [1.29, 1.82) is 0 Å². The van der Waals surface area contributed by atoms with Crippen LogP contribution in [0.2, 0.25) is 0 Å². The molecule has 19 nitrogen and oxygen atoms in total. The van der Waals surface area contributed by atoms with Crippen LogP contribution in [0.5, 0.6) is 0 Å². The molecule has 3 aliphatic heterocycles. The number of rotatable bonds is 49. The van der Waals surface area contributed by atoms with Crippen molar-refractivity contribution in [2.75, 3.05) is 26.4 Å². The number of ether oxygens (including phenoxy) is 6. The highest BCUT2D eigenvalue weighted by atomic mass is 16.8. The highest BCUT2D eigenvalue weighted by molar-refractivity contribution is 5.76. The van der Waals surface area contributed by atoms with Crippen molar-refractivity contribution in [2.24, 2.45) is 0 Å². The fourth-order valence-electron chi connectivity index (χ4n) is 10.9. The number of nitrogens with one attached hydrogen (secondary N) is 1. The van der Waals surface area contributed by atoms with Gasteiger partial charge in [-0.2, -0.15) is 0 Å². The van der Waals surface area contributed by atoms with Gasteiger partial charge in [-0.25, -0.2) is 0 Å². The third-order valence-electron chi connectivity index (χ3n) is 16.3. The lowest BCUT2D eigenvalue weighted by Crippen LogP contribution is -2.66. The van der Waals surface area contributed by atoms with E-state index in [1.54, 1.807) is 6.08 Å². The second-order valence-corrected chi connectivity index (χ2v) is 23.6. The van der Waals surface area contributed by atoms with E-state index in [0.29, 0.717) is 12.8 Å². The first-order valence-corrected chi connectivity index (χ1v) is 32.9. The zero-order valence-corrected chi connectivity index (χ0v) is 51.4.